The Bertz CT molecular complexity index is 1120. The van der Waals surface area contributed by atoms with Gasteiger partial charge in [0.1, 0.15) is 11.5 Å². The molecule has 0 aliphatic carbocycles. The molecule has 31 heavy (non-hydrogen) atoms. The largest absolute Gasteiger partial charge is 0.433 e. The summed E-state index contributed by atoms with van der Waals surface area (Å²) >= 11 is 0. The van der Waals surface area contributed by atoms with Gasteiger partial charge in [-0.1, -0.05) is 6.07 Å². The number of hydrogen-bond acceptors (Lipinski definition) is 6. The highest BCUT2D eigenvalue weighted by molar-refractivity contribution is 5.80. The van der Waals surface area contributed by atoms with Crippen molar-refractivity contribution in [3.8, 4) is 11.1 Å². The van der Waals surface area contributed by atoms with Crippen LogP contribution >= 0.6 is 0 Å². The van der Waals surface area contributed by atoms with E-state index in [9.17, 15) is 18.0 Å². The van der Waals surface area contributed by atoms with E-state index in [4.69, 9.17) is 0 Å². The molecule has 1 aliphatic heterocycles. The zero-order chi connectivity index (χ0) is 22.0. The Hall–Kier alpha value is -3.69. The van der Waals surface area contributed by atoms with Gasteiger partial charge in [-0.3, -0.25) is 4.79 Å². The van der Waals surface area contributed by atoms with Gasteiger partial charge >= 0.3 is 6.18 Å². The fourth-order valence-electron chi connectivity index (χ4n) is 3.33. The third-order valence-corrected chi connectivity index (χ3v) is 4.70. The van der Waals surface area contributed by atoms with Gasteiger partial charge in [0.25, 0.3) is 0 Å². The molecular weight excluding hydrogens is 409 g/mol. The molecule has 3 heterocycles. The Labute approximate surface area is 176 Å². The van der Waals surface area contributed by atoms with Crippen LogP contribution in [0.1, 0.15) is 17.7 Å². The molecule has 2 aromatic heterocycles. The smallest absolute Gasteiger partial charge is 0.365 e. The van der Waals surface area contributed by atoms with Gasteiger partial charge in [-0.15, -0.1) is 0 Å². The van der Waals surface area contributed by atoms with Crippen molar-refractivity contribution in [3.63, 3.8) is 0 Å². The van der Waals surface area contributed by atoms with Gasteiger partial charge in [0.05, 0.1) is 6.04 Å². The Morgan fingerprint density at radius 3 is 2.61 bits per heavy atom. The Balaban J connectivity index is 1.57. The van der Waals surface area contributed by atoms with Crippen LogP contribution in [-0.2, 0) is 11.0 Å². The van der Waals surface area contributed by atoms with Crippen molar-refractivity contribution < 1.29 is 18.0 Å². The lowest BCUT2D eigenvalue weighted by atomic mass is 10.0. The normalized spacial score (nSPS) is 16.1. The standard InChI is InChI=1S/C21H19F3N6O/c1-12-6-14(13-2-4-25-18(9-13)28-16-10-19(31)27-11-16)8-15(7-12)29-20-26-5-3-17(30-20)21(22,23)24/h2-9,16H,10-11H2,1H3,(H,25,28)(H,27,31)(H,26,29,30). The fourth-order valence-corrected chi connectivity index (χ4v) is 3.33. The summed E-state index contributed by atoms with van der Waals surface area (Å²) in [7, 11) is 0. The summed E-state index contributed by atoms with van der Waals surface area (Å²) in [5.41, 5.74) is 2.17. The van der Waals surface area contributed by atoms with Gasteiger partial charge in [-0.25, -0.2) is 15.0 Å². The molecule has 10 heteroatoms. The highest BCUT2D eigenvalue weighted by Crippen LogP contribution is 2.30. The van der Waals surface area contributed by atoms with Crippen LogP contribution in [0.5, 0.6) is 0 Å². The molecule has 0 spiro atoms. The predicted molar refractivity (Wildman–Crippen MR) is 110 cm³/mol. The van der Waals surface area contributed by atoms with E-state index >= 15 is 0 Å². The number of alkyl halides is 3. The fraction of sp³-hybridized carbons (Fsp3) is 0.238. The maximum absolute atomic E-state index is 12.9. The molecule has 160 valence electrons. The monoisotopic (exact) mass is 428 g/mol. The molecule has 1 aliphatic rings. The third kappa shape index (κ3) is 5.08. The number of aromatic nitrogens is 3. The van der Waals surface area contributed by atoms with Crippen LogP contribution in [0, 0.1) is 6.92 Å². The first-order valence-electron chi connectivity index (χ1n) is 9.55. The molecule has 3 N–H and O–H groups in total. The summed E-state index contributed by atoms with van der Waals surface area (Å²) in [5, 5.41) is 8.85. The number of carbonyl (C=O) groups excluding carboxylic acids is 1. The number of amides is 1. The van der Waals surface area contributed by atoms with Gasteiger partial charge in [-0.2, -0.15) is 13.2 Å². The number of benzene rings is 1. The molecule has 1 fully saturated rings. The number of nitrogens with one attached hydrogen (secondary N) is 3. The first-order valence-corrected chi connectivity index (χ1v) is 9.55. The quantitative estimate of drug-likeness (QED) is 0.571. The molecule has 0 bridgehead atoms. The van der Waals surface area contributed by atoms with Crippen LogP contribution in [0.3, 0.4) is 0 Å². The van der Waals surface area contributed by atoms with E-state index in [0.717, 1.165) is 29.0 Å². The molecule has 1 amide bonds. The van der Waals surface area contributed by atoms with Gasteiger partial charge in [0.2, 0.25) is 11.9 Å². The average molecular weight is 428 g/mol. The summed E-state index contributed by atoms with van der Waals surface area (Å²) in [5.74, 6) is 0.498. The van der Waals surface area contributed by atoms with Gasteiger partial charge in [0.15, 0.2) is 0 Å². The number of pyridine rings is 1. The minimum Gasteiger partial charge on any atom is -0.365 e. The number of nitrogens with zero attached hydrogens (tertiary/aromatic N) is 3. The van der Waals surface area contributed by atoms with E-state index < -0.39 is 11.9 Å². The maximum atomic E-state index is 12.9. The van der Waals surface area contributed by atoms with Crippen LogP contribution in [-0.4, -0.2) is 33.4 Å². The summed E-state index contributed by atoms with van der Waals surface area (Å²) < 4.78 is 38.7. The van der Waals surface area contributed by atoms with Crippen molar-refractivity contribution in [2.24, 2.45) is 0 Å². The molecule has 0 radical (unpaired) electrons. The second-order valence-electron chi connectivity index (χ2n) is 7.26. The van der Waals surface area contributed by atoms with E-state index in [2.05, 4.69) is 30.9 Å². The second kappa shape index (κ2) is 8.21. The topological polar surface area (TPSA) is 91.8 Å². The molecule has 3 aromatic rings. The van der Waals surface area contributed by atoms with Crippen LogP contribution in [0.2, 0.25) is 0 Å². The molecule has 0 saturated carbocycles. The molecule has 1 atom stereocenters. The Morgan fingerprint density at radius 2 is 1.87 bits per heavy atom. The van der Waals surface area contributed by atoms with Gasteiger partial charge in [0, 0.05) is 31.0 Å². The second-order valence-corrected chi connectivity index (χ2v) is 7.26. The maximum Gasteiger partial charge on any atom is 0.433 e. The molecule has 1 aromatic carbocycles. The minimum absolute atomic E-state index is 0.000124. The average Bonchev–Trinajstić information content (AvgIpc) is 3.12. The van der Waals surface area contributed by atoms with E-state index in [-0.39, 0.29) is 17.9 Å². The molecule has 4 rings (SSSR count). The summed E-state index contributed by atoms with van der Waals surface area (Å²) in [4.78, 5) is 23.1. The lowest BCUT2D eigenvalue weighted by Gasteiger charge is -2.13. The zero-order valence-corrected chi connectivity index (χ0v) is 16.5. The number of aryl methyl sites for hydroxylation is 1. The van der Waals surface area contributed by atoms with E-state index in [1.54, 1.807) is 18.3 Å². The number of anilines is 3. The number of rotatable bonds is 5. The molecule has 7 nitrogen and oxygen atoms in total. The first kappa shape index (κ1) is 20.6. The summed E-state index contributed by atoms with van der Waals surface area (Å²) in [6, 6.07) is 10.1. The van der Waals surface area contributed by atoms with E-state index in [1.807, 2.05) is 25.1 Å². The van der Waals surface area contributed by atoms with Crippen molar-refractivity contribution in [1.29, 1.82) is 0 Å². The van der Waals surface area contributed by atoms with Crippen LogP contribution in [0.15, 0.2) is 48.8 Å². The van der Waals surface area contributed by atoms with Crippen molar-refractivity contribution in [1.82, 2.24) is 20.3 Å². The summed E-state index contributed by atoms with van der Waals surface area (Å²) in [6.07, 6.45) is -1.43. The van der Waals surface area contributed by atoms with Crippen LogP contribution in [0.4, 0.5) is 30.6 Å². The molecule has 1 saturated heterocycles. The SMILES string of the molecule is Cc1cc(Nc2nccc(C(F)(F)F)n2)cc(-c2ccnc(NC3CNC(=O)C3)c2)c1. The highest BCUT2D eigenvalue weighted by atomic mass is 19.4. The minimum atomic E-state index is -4.54. The van der Waals surface area contributed by atoms with Crippen molar-refractivity contribution in [3.05, 3.63) is 60.0 Å². The third-order valence-electron chi connectivity index (χ3n) is 4.70. The lowest BCUT2D eigenvalue weighted by molar-refractivity contribution is -0.141. The Morgan fingerprint density at radius 1 is 1.06 bits per heavy atom. The predicted octanol–water partition coefficient (Wildman–Crippen LogP) is 3.91. The lowest BCUT2D eigenvalue weighted by Crippen LogP contribution is -2.22. The Kier molecular flexibility index (Phi) is 5.45. The van der Waals surface area contributed by atoms with Gasteiger partial charge in [-0.05, 0) is 53.9 Å². The molecule has 1 unspecified atom stereocenters. The van der Waals surface area contributed by atoms with Crippen molar-refractivity contribution >= 4 is 23.4 Å². The van der Waals surface area contributed by atoms with Crippen molar-refractivity contribution in [2.45, 2.75) is 25.6 Å². The number of hydrogen-bond donors (Lipinski definition) is 3. The van der Waals surface area contributed by atoms with Crippen LogP contribution < -0.4 is 16.0 Å². The van der Waals surface area contributed by atoms with E-state index in [1.165, 1.54) is 0 Å². The zero-order valence-electron chi connectivity index (χ0n) is 16.5. The number of halogens is 3. The number of carbonyl (C=O) groups is 1. The van der Waals surface area contributed by atoms with Crippen LogP contribution in [0.25, 0.3) is 11.1 Å². The first-order chi connectivity index (χ1) is 14.8. The highest BCUT2D eigenvalue weighted by Gasteiger charge is 2.32. The summed E-state index contributed by atoms with van der Waals surface area (Å²) in [6.45, 7) is 2.43. The molecular formula is C21H19F3N6O. The van der Waals surface area contributed by atoms with Gasteiger partial charge < -0.3 is 16.0 Å². The van der Waals surface area contributed by atoms with Crippen molar-refractivity contribution in [2.75, 3.05) is 17.2 Å². The van der Waals surface area contributed by atoms with E-state index in [0.29, 0.717) is 24.5 Å².